The maximum absolute atomic E-state index is 4.21. The van der Waals surface area contributed by atoms with Gasteiger partial charge in [-0.1, -0.05) is 60.7 Å². The number of hydrogen-bond acceptors (Lipinski definition) is 1. The molecule has 0 saturated heterocycles. The molecule has 2 heteroatoms. The van der Waals surface area contributed by atoms with E-state index in [1.807, 2.05) is 60.7 Å². The molecule has 0 radical (unpaired) electrons. The van der Waals surface area contributed by atoms with E-state index < -0.39 is 0 Å². The van der Waals surface area contributed by atoms with Crippen LogP contribution < -0.4 is 0 Å². The van der Waals surface area contributed by atoms with Gasteiger partial charge in [0, 0.05) is 0 Å². The number of benzene rings is 2. The number of nitrogens with zero attached hydrogens (tertiary/aromatic N) is 2. The average Bonchev–Trinajstić information content (AvgIpc) is 2.38. The van der Waals surface area contributed by atoms with Gasteiger partial charge in [0.05, 0.1) is 5.71 Å². The second kappa shape index (κ2) is 5.12. The van der Waals surface area contributed by atoms with Crippen LogP contribution in [0, 0.1) is 0 Å². The Balaban J connectivity index is 2.44. The Bertz CT molecular complexity index is 419. The van der Waals surface area contributed by atoms with Crippen LogP contribution in [0.1, 0.15) is 11.1 Å². The third kappa shape index (κ3) is 2.28. The summed E-state index contributed by atoms with van der Waals surface area (Å²) in [6.07, 6.45) is 0. The maximum atomic E-state index is 4.21. The lowest BCUT2D eigenvalue weighted by atomic mass is 10.0. The normalized spacial score (nSPS) is 9.56. The lowest BCUT2D eigenvalue weighted by Crippen LogP contribution is -2.02. The molecule has 0 aromatic heterocycles. The second-order valence-electron chi connectivity index (χ2n) is 3.38. The van der Waals surface area contributed by atoms with Crippen molar-refractivity contribution in [2.24, 2.45) is 5.10 Å². The van der Waals surface area contributed by atoms with Gasteiger partial charge in [0.2, 0.25) is 0 Å². The zero-order valence-electron chi connectivity index (χ0n) is 9.17. The van der Waals surface area contributed by atoms with Gasteiger partial charge >= 0.3 is 0 Å². The van der Waals surface area contributed by atoms with Crippen molar-refractivity contribution in [2.75, 3.05) is 7.05 Å². The maximum Gasteiger partial charge on any atom is 0.0556 e. The second-order valence-corrected chi connectivity index (χ2v) is 3.38. The Hall–Kier alpha value is -2.09. The van der Waals surface area contributed by atoms with E-state index in [4.69, 9.17) is 0 Å². The van der Waals surface area contributed by atoms with Gasteiger partial charge in [0.15, 0.2) is 0 Å². The highest BCUT2D eigenvalue weighted by Crippen LogP contribution is 2.11. The van der Waals surface area contributed by atoms with Gasteiger partial charge in [0.25, 0.3) is 0 Å². The van der Waals surface area contributed by atoms with Crippen molar-refractivity contribution >= 4 is 5.71 Å². The predicted octanol–water partition coefficient (Wildman–Crippen LogP) is 3.44. The third-order valence-corrected chi connectivity index (χ3v) is 2.29. The molecule has 0 atom stereocenters. The molecule has 0 bridgehead atoms. The van der Waals surface area contributed by atoms with E-state index in [1.165, 1.54) is 0 Å². The molecule has 0 unspecified atom stereocenters. The molecule has 0 N–H and O–H groups in total. The van der Waals surface area contributed by atoms with Crippen LogP contribution in [0.15, 0.2) is 65.8 Å². The summed E-state index contributed by atoms with van der Waals surface area (Å²) in [7, 11) is 1.69. The zero-order chi connectivity index (χ0) is 11.2. The lowest BCUT2D eigenvalue weighted by Gasteiger charge is -2.13. The monoisotopic (exact) mass is 209 g/mol. The molecule has 2 rings (SSSR count). The quantitative estimate of drug-likeness (QED) is 0.547. The van der Waals surface area contributed by atoms with Crippen LogP contribution in [0.2, 0.25) is 0 Å². The highest BCUT2D eigenvalue weighted by molar-refractivity contribution is 6.13. The molecule has 0 aliphatic rings. The van der Waals surface area contributed by atoms with Crippen molar-refractivity contribution < 1.29 is 0 Å². The fraction of sp³-hybridized carbons (Fsp3) is 0.0714. The molecular formula is C14H13N2-. The first-order chi connectivity index (χ1) is 7.92. The Labute approximate surface area is 95.6 Å². The summed E-state index contributed by atoms with van der Waals surface area (Å²) in [6, 6.07) is 20.2. The molecule has 0 saturated carbocycles. The van der Waals surface area contributed by atoms with Gasteiger partial charge < -0.3 is 10.5 Å². The molecule has 80 valence electrons. The fourth-order valence-electron chi connectivity index (χ4n) is 1.57. The van der Waals surface area contributed by atoms with Gasteiger partial charge in [-0.2, -0.15) is 0 Å². The predicted molar refractivity (Wildman–Crippen MR) is 67.8 cm³/mol. The van der Waals surface area contributed by atoms with Crippen molar-refractivity contribution in [2.45, 2.75) is 0 Å². The molecule has 0 aliphatic heterocycles. The first kappa shape index (κ1) is 10.4. The van der Waals surface area contributed by atoms with E-state index in [9.17, 15) is 0 Å². The Morgan fingerprint density at radius 2 is 1.25 bits per heavy atom. The highest BCUT2D eigenvalue weighted by atomic mass is 15.3. The summed E-state index contributed by atoms with van der Waals surface area (Å²) in [6.45, 7) is 0. The van der Waals surface area contributed by atoms with E-state index in [2.05, 4.69) is 10.5 Å². The van der Waals surface area contributed by atoms with E-state index in [0.29, 0.717) is 0 Å². The Morgan fingerprint density at radius 1 is 0.812 bits per heavy atom. The van der Waals surface area contributed by atoms with Gasteiger partial charge in [-0.05, 0) is 11.1 Å². The van der Waals surface area contributed by atoms with Crippen molar-refractivity contribution in [3.8, 4) is 0 Å². The Kier molecular flexibility index (Phi) is 3.34. The molecule has 16 heavy (non-hydrogen) atoms. The summed E-state index contributed by atoms with van der Waals surface area (Å²) >= 11 is 0. The summed E-state index contributed by atoms with van der Waals surface area (Å²) in [4.78, 5) is 0. The lowest BCUT2D eigenvalue weighted by molar-refractivity contribution is 1.38. The van der Waals surface area contributed by atoms with Crippen molar-refractivity contribution in [1.82, 2.24) is 0 Å². The molecule has 2 aromatic rings. The van der Waals surface area contributed by atoms with Gasteiger partial charge in [-0.3, -0.25) is 0 Å². The van der Waals surface area contributed by atoms with Crippen molar-refractivity contribution in [3.05, 3.63) is 77.2 Å². The van der Waals surface area contributed by atoms with E-state index >= 15 is 0 Å². The highest BCUT2D eigenvalue weighted by Gasteiger charge is 2.02. The van der Waals surface area contributed by atoms with E-state index in [-0.39, 0.29) is 0 Å². The van der Waals surface area contributed by atoms with Crippen LogP contribution in [0.4, 0.5) is 0 Å². The minimum absolute atomic E-state index is 0.906. The van der Waals surface area contributed by atoms with Crippen LogP contribution in [0.25, 0.3) is 5.43 Å². The van der Waals surface area contributed by atoms with Crippen molar-refractivity contribution in [3.63, 3.8) is 0 Å². The van der Waals surface area contributed by atoms with Crippen LogP contribution >= 0.6 is 0 Å². The molecule has 0 fully saturated rings. The molecule has 0 heterocycles. The van der Waals surface area contributed by atoms with Gasteiger partial charge in [-0.15, -0.1) is 7.05 Å². The topological polar surface area (TPSA) is 26.5 Å². The fourth-order valence-corrected chi connectivity index (χ4v) is 1.57. The van der Waals surface area contributed by atoms with E-state index in [1.54, 1.807) is 7.05 Å². The largest absolute Gasteiger partial charge is 0.604 e. The summed E-state index contributed by atoms with van der Waals surface area (Å²) in [5.74, 6) is 0. The van der Waals surface area contributed by atoms with Crippen LogP contribution in [-0.4, -0.2) is 12.8 Å². The van der Waals surface area contributed by atoms with Gasteiger partial charge in [-0.25, -0.2) is 0 Å². The standard InChI is InChI=1S/C14H13N2/c1-15-16-14(12-8-4-2-5-9-12)13-10-6-3-7-11-13/h2-11H,1H3/q-1. The van der Waals surface area contributed by atoms with Crippen LogP contribution in [0.3, 0.4) is 0 Å². The first-order valence-corrected chi connectivity index (χ1v) is 5.19. The molecule has 0 spiro atoms. The summed E-state index contributed by atoms with van der Waals surface area (Å²) in [5.41, 5.74) is 6.95. The molecule has 0 amide bonds. The average molecular weight is 209 g/mol. The SMILES string of the molecule is C[N-]N=C(c1ccccc1)c1ccccc1. The summed E-state index contributed by atoms with van der Waals surface area (Å²) in [5, 5.41) is 4.21. The van der Waals surface area contributed by atoms with Crippen LogP contribution in [0.5, 0.6) is 0 Å². The van der Waals surface area contributed by atoms with Crippen LogP contribution in [-0.2, 0) is 0 Å². The molecule has 0 aliphatic carbocycles. The van der Waals surface area contributed by atoms with Gasteiger partial charge in [0.1, 0.15) is 0 Å². The van der Waals surface area contributed by atoms with E-state index in [0.717, 1.165) is 16.8 Å². The third-order valence-electron chi connectivity index (χ3n) is 2.29. The number of hydrogen-bond donors (Lipinski definition) is 0. The van der Waals surface area contributed by atoms with Crippen molar-refractivity contribution in [1.29, 1.82) is 0 Å². The summed E-state index contributed by atoms with van der Waals surface area (Å²) < 4.78 is 0. The first-order valence-electron chi connectivity index (χ1n) is 5.19. The molecule has 2 aromatic carbocycles. The molecular weight excluding hydrogens is 196 g/mol. The number of rotatable bonds is 3. The Morgan fingerprint density at radius 3 is 1.62 bits per heavy atom. The smallest absolute Gasteiger partial charge is 0.0556 e. The molecule has 2 nitrogen and oxygen atoms in total. The zero-order valence-corrected chi connectivity index (χ0v) is 9.17. The minimum atomic E-state index is 0.906. The minimum Gasteiger partial charge on any atom is -0.604 e.